The van der Waals surface area contributed by atoms with E-state index in [1.807, 2.05) is 0 Å². The Morgan fingerprint density at radius 3 is 2.60 bits per heavy atom. The van der Waals surface area contributed by atoms with Gasteiger partial charge in [0.15, 0.2) is 0 Å². The molecule has 3 nitrogen and oxygen atoms in total. The Hall–Kier alpha value is -0.120. The molecule has 3 heteroatoms. The van der Waals surface area contributed by atoms with Gasteiger partial charge in [-0.2, -0.15) is 0 Å². The average Bonchev–Trinajstić information content (AvgIpc) is 2.83. The molecule has 0 amide bonds. The molecule has 1 saturated heterocycles. The third-order valence-electron chi connectivity index (χ3n) is 3.79. The van der Waals surface area contributed by atoms with Crippen molar-refractivity contribution < 1.29 is 4.74 Å². The van der Waals surface area contributed by atoms with Crippen molar-refractivity contribution in [1.29, 1.82) is 0 Å². The molecule has 2 fully saturated rings. The van der Waals surface area contributed by atoms with Crippen LogP contribution >= 0.6 is 0 Å². The van der Waals surface area contributed by atoms with Gasteiger partial charge in [-0.05, 0) is 38.0 Å². The zero-order chi connectivity index (χ0) is 10.7. The summed E-state index contributed by atoms with van der Waals surface area (Å²) in [5.74, 6) is 0.906. The van der Waals surface area contributed by atoms with Gasteiger partial charge in [0.1, 0.15) is 0 Å². The molecule has 0 radical (unpaired) electrons. The summed E-state index contributed by atoms with van der Waals surface area (Å²) in [6, 6.07) is 0.737. The first-order valence-electron chi connectivity index (χ1n) is 6.37. The monoisotopic (exact) mass is 212 g/mol. The minimum Gasteiger partial charge on any atom is -0.372 e. The summed E-state index contributed by atoms with van der Waals surface area (Å²) < 4.78 is 5.81. The van der Waals surface area contributed by atoms with E-state index in [0.717, 1.165) is 24.9 Å². The highest BCUT2D eigenvalue weighted by molar-refractivity contribution is 4.81. The van der Waals surface area contributed by atoms with E-state index in [-0.39, 0.29) is 0 Å². The minimum absolute atomic E-state index is 0.319. The largest absolute Gasteiger partial charge is 0.372 e. The van der Waals surface area contributed by atoms with Gasteiger partial charge >= 0.3 is 0 Å². The molecule has 2 rings (SSSR count). The molecule has 4 unspecified atom stereocenters. The van der Waals surface area contributed by atoms with Crippen LogP contribution in [0.3, 0.4) is 0 Å². The normalized spacial score (nSPS) is 41.2. The predicted molar refractivity (Wildman–Crippen MR) is 61.8 cm³/mol. The van der Waals surface area contributed by atoms with Crippen LogP contribution in [0.15, 0.2) is 0 Å². The second-order valence-corrected chi connectivity index (χ2v) is 5.22. The molecule has 1 heterocycles. The maximum Gasteiger partial charge on any atom is 0.0704 e. The quantitative estimate of drug-likeness (QED) is 0.738. The summed E-state index contributed by atoms with van der Waals surface area (Å²) in [4.78, 5) is 0. The summed E-state index contributed by atoms with van der Waals surface area (Å²) in [6.45, 7) is 4.04. The molecule has 0 aromatic rings. The van der Waals surface area contributed by atoms with Crippen LogP contribution in [0.1, 0.15) is 39.0 Å². The maximum atomic E-state index is 5.81. The molecule has 1 aliphatic heterocycles. The zero-order valence-corrected chi connectivity index (χ0v) is 9.74. The van der Waals surface area contributed by atoms with E-state index in [4.69, 9.17) is 10.5 Å². The third-order valence-corrected chi connectivity index (χ3v) is 3.79. The van der Waals surface area contributed by atoms with Gasteiger partial charge in [0.2, 0.25) is 0 Å². The first-order valence-corrected chi connectivity index (χ1v) is 6.37. The van der Waals surface area contributed by atoms with Crippen LogP contribution in [0.5, 0.6) is 0 Å². The van der Waals surface area contributed by atoms with Gasteiger partial charge in [-0.25, -0.2) is 0 Å². The second kappa shape index (κ2) is 5.28. The topological polar surface area (TPSA) is 47.3 Å². The van der Waals surface area contributed by atoms with Gasteiger partial charge in [-0.1, -0.05) is 6.92 Å². The lowest BCUT2D eigenvalue weighted by Gasteiger charge is -2.17. The fourth-order valence-corrected chi connectivity index (χ4v) is 2.79. The number of hydrogen-bond donors (Lipinski definition) is 2. The van der Waals surface area contributed by atoms with Crippen molar-refractivity contribution in [3.05, 3.63) is 0 Å². The van der Waals surface area contributed by atoms with Crippen molar-refractivity contribution in [2.24, 2.45) is 11.7 Å². The summed E-state index contributed by atoms with van der Waals surface area (Å²) in [6.07, 6.45) is 7.12. The Morgan fingerprint density at radius 1 is 1.20 bits per heavy atom. The smallest absolute Gasteiger partial charge is 0.0704 e. The van der Waals surface area contributed by atoms with Crippen LogP contribution in [0.2, 0.25) is 0 Å². The lowest BCUT2D eigenvalue weighted by molar-refractivity contribution is 0.0489. The third kappa shape index (κ3) is 3.16. The van der Waals surface area contributed by atoms with Crippen LogP contribution in [-0.4, -0.2) is 31.3 Å². The summed E-state index contributed by atoms with van der Waals surface area (Å²) in [5.41, 5.74) is 5.59. The standard InChI is InChI=1S/C12H24N2O/c1-9-2-3-10(6-9)14-8-12-5-4-11(7-13)15-12/h9-12,14H,2-8,13H2,1H3. The van der Waals surface area contributed by atoms with Gasteiger partial charge in [-0.15, -0.1) is 0 Å². The van der Waals surface area contributed by atoms with Crippen molar-refractivity contribution in [3.8, 4) is 0 Å². The van der Waals surface area contributed by atoms with Crippen LogP contribution in [-0.2, 0) is 4.74 Å². The van der Waals surface area contributed by atoms with Crippen LogP contribution in [0.25, 0.3) is 0 Å². The molecule has 15 heavy (non-hydrogen) atoms. The first-order chi connectivity index (χ1) is 7.28. The Balaban J connectivity index is 1.62. The second-order valence-electron chi connectivity index (χ2n) is 5.22. The van der Waals surface area contributed by atoms with Gasteiger partial charge in [0.25, 0.3) is 0 Å². The van der Waals surface area contributed by atoms with Gasteiger partial charge in [0.05, 0.1) is 12.2 Å². The highest BCUT2D eigenvalue weighted by atomic mass is 16.5. The van der Waals surface area contributed by atoms with Crippen molar-refractivity contribution in [2.45, 2.75) is 57.3 Å². The highest BCUT2D eigenvalue weighted by Crippen LogP contribution is 2.25. The molecule has 88 valence electrons. The van der Waals surface area contributed by atoms with Crippen molar-refractivity contribution in [1.82, 2.24) is 5.32 Å². The van der Waals surface area contributed by atoms with Crippen LogP contribution < -0.4 is 11.1 Å². The number of nitrogens with two attached hydrogens (primary N) is 1. The van der Waals surface area contributed by atoms with E-state index in [1.165, 1.54) is 25.7 Å². The van der Waals surface area contributed by atoms with Crippen LogP contribution in [0, 0.1) is 5.92 Å². The number of nitrogens with one attached hydrogen (secondary N) is 1. The highest BCUT2D eigenvalue weighted by Gasteiger charge is 2.26. The van der Waals surface area contributed by atoms with Gasteiger partial charge < -0.3 is 15.8 Å². The van der Waals surface area contributed by atoms with Gasteiger partial charge in [0, 0.05) is 19.1 Å². The lowest BCUT2D eigenvalue weighted by Crippen LogP contribution is -2.34. The summed E-state index contributed by atoms with van der Waals surface area (Å²) >= 11 is 0. The molecule has 3 N–H and O–H groups in total. The first kappa shape index (κ1) is 11.4. The Kier molecular flexibility index (Phi) is 4.00. The van der Waals surface area contributed by atoms with E-state index < -0.39 is 0 Å². The van der Waals surface area contributed by atoms with Crippen LogP contribution in [0.4, 0.5) is 0 Å². The van der Waals surface area contributed by atoms with Crippen molar-refractivity contribution >= 4 is 0 Å². The lowest BCUT2D eigenvalue weighted by atomic mass is 10.1. The maximum absolute atomic E-state index is 5.81. The minimum atomic E-state index is 0.319. The Morgan fingerprint density at radius 2 is 2.00 bits per heavy atom. The molecular formula is C12H24N2O. The van der Waals surface area contributed by atoms with E-state index in [1.54, 1.807) is 0 Å². The van der Waals surface area contributed by atoms with E-state index in [9.17, 15) is 0 Å². The predicted octanol–water partition coefficient (Wildman–Crippen LogP) is 1.27. The molecule has 2 aliphatic rings. The molecular weight excluding hydrogens is 188 g/mol. The number of ether oxygens (including phenoxy) is 1. The van der Waals surface area contributed by atoms with Gasteiger partial charge in [-0.3, -0.25) is 0 Å². The van der Waals surface area contributed by atoms with Crippen molar-refractivity contribution in [3.63, 3.8) is 0 Å². The van der Waals surface area contributed by atoms with E-state index in [0.29, 0.717) is 18.8 Å². The molecule has 1 aliphatic carbocycles. The Bertz CT molecular complexity index is 198. The average molecular weight is 212 g/mol. The number of hydrogen-bond acceptors (Lipinski definition) is 3. The Labute approximate surface area is 92.7 Å². The summed E-state index contributed by atoms with van der Waals surface area (Å²) in [5, 5.41) is 3.63. The summed E-state index contributed by atoms with van der Waals surface area (Å²) in [7, 11) is 0. The number of rotatable bonds is 4. The molecule has 0 aromatic carbocycles. The fourth-order valence-electron chi connectivity index (χ4n) is 2.79. The van der Waals surface area contributed by atoms with E-state index >= 15 is 0 Å². The molecule has 1 saturated carbocycles. The molecule has 0 bridgehead atoms. The zero-order valence-electron chi connectivity index (χ0n) is 9.74. The molecule has 0 aromatic heterocycles. The van der Waals surface area contributed by atoms with E-state index in [2.05, 4.69) is 12.2 Å². The fraction of sp³-hybridized carbons (Fsp3) is 1.00. The molecule has 4 atom stereocenters. The SMILES string of the molecule is CC1CCC(NCC2CCC(CN)O2)C1. The van der Waals surface area contributed by atoms with Crippen molar-refractivity contribution in [2.75, 3.05) is 13.1 Å². The molecule has 0 spiro atoms.